The second-order valence-electron chi connectivity index (χ2n) is 7.37. The second-order valence-corrected chi connectivity index (χ2v) is 7.37. The first-order valence-corrected chi connectivity index (χ1v) is 9.33. The molecule has 3 aliphatic rings. The van der Waals surface area contributed by atoms with Crippen molar-refractivity contribution in [2.75, 3.05) is 6.61 Å². The number of azide groups is 1. The summed E-state index contributed by atoms with van der Waals surface area (Å²) in [5.74, 6) is -0.913. The van der Waals surface area contributed by atoms with Crippen molar-refractivity contribution in [1.82, 2.24) is 0 Å². The van der Waals surface area contributed by atoms with E-state index in [1.807, 2.05) is 6.07 Å². The van der Waals surface area contributed by atoms with Gasteiger partial charge in [0.25, 0.3) is 0 Å². The van der Waals surface area contributed by atoms with E-state index >= 15 is 0 Å². The standard InChI is InChI=1S/C19H23N3O4/c20-22-21-15-11-14(12-24-18(23)13-7-3-1-4-8-13)16-17(15)26-19(25-16)9-5-2-6-10-19/h1,3-4,7-8,14-17H,2,5-6,9-12H2/t14-,15-,16-,17+/m1/s1. The van der Waals surface area contributed by atoms with Crippen molar-refractivity contribution >= 4 is 5.97 Å². The minimum atomic E-state index is -0.543. The van der Waals surface area contributed by atoms with Gasteiger partial charge in [-0.05, 0) is 36.9 Å². The molecular weight excluding hydrogens is 334 g/mol. The zero-order chi connectivity index (χ0) is 18.0. The van der Waals surface area contributed by atoms with E-state index in [-0.39, 0.29) is 36.7 Å². The maximum absolute atomic E-state index is 12.2. The van der Waals surface area contributed by atoms with Gasteiger partial charge >= 0.3 is 5.97 Å². The normalized spacial score (nSPS) is 32.0. The van der Waals surface area contributed by atoms with Gasteiger partial charge in [0.05, 0.1) is 30.4 Å². The highest BCUT2D eigenvalue weighted by Crippen LogP contribution is 2.48. The van der Waals surface area contributed by atoms with Gasteiger partial charge in [-0.25, -0.2) is 4.79 Å². The summed E-state index contributed by atoms with van der Waals surface area (Å²) < 4.78 is 18.1. The van der Waals surface area contributed by atoms with Crippen LogP contribution in [0.15, 0.2) is 35.4 Å². The molecular formula is C19H23N3O4. The highest BCUT2D eigenvalue weighted by atomic mass is 16.8. The van der Waals surface area contributed by atoms with E-state index in [0.29, 0.717) is 12.0 Å². The Balaban J connectivity index is 1.44. The van der Waals surface area contributed by atoms with Crippen LogP contribution in [0.25, 0.3) is 10.4 Å². The van der Waals surface area contributed by atoms with Crippen LogP contribution < -0.4 is 0 Å². The van der Waals surface area contributed by atoms with Gasteiger partial charge in [-0.2, -0.15) is 0 Å². The van der Waals surface area contributed by atoms with Crippen LogP contribution in [0.2, 0.25) is 0 Å². The molecule has 0 unspecified atom stereocenters. The average Bonchev–Trinajstić information content (AvgIpc) is 3.18. The van der Waals surface area contributed by atoms with Crippen molar-refractivity contribution in [2.45, 2.75) is 62.6 Å². The summed E-state index contributed by atoms with van der Waals surface area (Å²) in [6.07, 6.45) is 5.29. The summed E-state index contributed by atoms with van der Waals surface area (Å²) in [5.41, 5.74) is 9.41. The van der Waals surface area contributed by atoms with E-state index in [0.717, 1.165) is 25.7 Å². The van der Waals surface area contributed by atoms with Gasteiger partial charge < -0.3 is 14.2 Å². The van der Waals surface area contributed by atoms with Crippen molar-refractivity contribution in [3.05, 3.63) is 46.3 Å². The maximum Gasteiger partial charge on any atom is 0.338 e. The van der Waals surface area contributed by atoms with Crippen LogP contribution in [0, 0.1) is 5.92 Å². The number of rotatable bonds is 4. The monoisotopic (exact) mass is 357 g/mol. The van der Waals surface area contributed by atoms with E-state index in [9.17, 15) is 4.79 Å². The van der Waals surface area contributed by atoms with Crippen molar-refractivity contribution in [3.63, 3.8) is 0 Å². The fourth-order valence-electron chi connectivity index (χ4n) is 4.41. The smallest absolute Gasteiger partial charge is 0.338 e. The third-order valence-corrected chi connectivity index (χ3v) is 5.67. The van der Waals surface area contributed by atoms with Crippen LogP contribution in [0.3, 0.4) is 0 Å². The topological polar surface area (TPSA) is 93.5 Å². The number of fused-ring (bicyclic) bond motifs is 1. The molecule has 1 aromatic rings. The summed E-state index contributed by atoms with van der Waals surface area (Å²) in [7, 11) is 0. The van der Waals surface area contributed by atoms with Gasteiger partial charge in [0.2, 0.25) is 0 Å². The number of nitrogens with zero attached hydrogens (tertiary/aromatic N) is 3. The Hall–Kier alpha value is -2.08. The fourth-order valence-corrected chi connectivity index (χ4v) is 4.41. The molecule has 0 amide bonds. The van der Waals surface area contributed by atoms with Crippen LogP contribution >= 0.6 is 0 Å². The number of ether oxygens (including phenoxy) is 3. The minimum Gasteiger partial charge on any atom is -0.462 e. The van der Waals surface area contributed by atoms with E-state index < -0.39 is 5.79 Å². The Labute approximate surface area is 152 Å². The molecule has 26 heavy (non-hydrogen) atoms. The lowest BCUT2D eigenvalue weighted by Crippen LogP contribution is -2.36. The molecule has 2 saturated carbocycles. The van der Waals surface area contributed by atoms with Crippen molar-refractivity contribution in [2.24, 2.45) is 11.0 Å². The van der Waals surface area contributed by atoms with Crippen LogP contribution in [0.5, 0.6) is 0 Å². The SMILES string of the molecule is [N-]=[N+]=N[C@@H]1C[C@H](COC(=O)c2ccccc2)[C@H]2OC3(CCCCC3)O[C@H]21. The molecule has 1 aromatic carbocycles. The lowest BCUT2D eigenvalue weighted by molar-refractivity contribution is -0.204. The number of benzene rings is 1. The number of hydrogen-bond acceptors (Lipinski definition) is 5. The summed E-state index contributed by atoms with van der Waals surface area (Å²) in [6.45, 7) is 0.242. The fraction of sp³-hybridized carbons (Fsp3) is 0.632. The largest absolute Gasteiger partial charge is 0.462 e. The molecule has 0 N–H and O–H groups in total. The van der Waals surface area contributed by atoms with Gasteiger partial charge in [-0.3, -0.25) is 0 Å². The Bertz CT molecular complexity index is 698. The number of hydrogen-bond donors (Lipinski definition) is 0. The van der Waals surface area contributed by atoms with Crippen LogP contribution in [-0.4, -0.2) is 36.6 Å². The van der Waals surface area contributed by atoms with Crippen LogP contribution in [-0.2, 0) is 14.2 Å². The molecule has 4 rings (SSSR count). The van der Waals surface area contributed by atoms with Crippen molar-refractivity contribution in [3.8, 4) is 0 Å². The average molecular weight is 357 g/mol. The quantitative estimate of drug-likeness (QED) is 0.352. The molecule has 0 aromatic heterocycles. The van der Waals surface area contributed by atoms with E-state index in [2.05, 4.69) is 10.0 Å². The van der Waals surface area contributed by atoms with Gasteiger partial charge in [0.15, 0.2) is 5.79 Å². The third kappa shape index (κ3) is 3.30. The predicted molar refractivity (Wildman–Crippen MR) is 93.3 cm³/mol. The summed E-state index contributed by atoms with van der Waals surface area (Å²) >= 11 is 0. The molecule has 1 aliphatic heterocycles. The molecule has 1 heterocycles. The summed E-state index contributed by atoms with van der Waals surface area (Å²) in [6, 6.07) is 8.66. The predicted octanol–water partition coefficient (Wildman–Crippen LogP) is 3.99. The summed E-state index contributed by atoms with van der Waals surface area (Å²) in [4.78, 5) is 15.2. The zero-order valence-electron chi connectivity index (χ0n) is 14.6. The van der Waals surface area contributed by atoms with E-state index in [1.165, 1.54) is 6.42 Å². The first-order chi connectivity index (χ1) is 12.7. The molecule has 1 spiro atoms. The first kappa shape index (κ1) is 17.3. The first-order valence-electron chi connectivity index (χ1n) is 9.33. The molecule has 2 aliphatic carbocycles. The number of carbonyl (C=O) groups is 1. The minimum absolute atomic E-state index is 0.0236. The summed E-state index contributed by atoms with van der Waals surface area (Å²) in [5, 5.41) is 3.91. The molecule has 1 saturated heterocycles. The molecule has 7 heteroatoms. The van der Waals surface area contributed by atoms with Crippen LogP contribution in [0.1, 0.15) is 48.9 Å². The van der Waals surface area contributed by atoms with Crippen molar-refractivity contribution < 1.29 is 19.0 Å². The number of esters is 1. The van der Waals surface area contributed by atoms with Gasteiger partial charge in [0, 0.05) is 23.7 Å². The maximum atomic E-state index is 12.2. The molecule has 7 nitrogen and oxygen atoms in total. The van der Waals surface area contributed by atoms with Crippen molar-refractivity contribution in [1.29, 1.82) is 0 Å². The second kappa shape index (κ2) is 7.27. The van der Waals surface area contributed by atoms with Crippen LogP contribution in [0.4, 0.5) is 0 Å². The molecule has 138 valence electrons. The molecule has 0 bridgehead atoms. The zero-order valence-corrected chi connectivity index (χ0v) is 14.6. The van der Waals surface area contributed by atoms with E-state index in [1.54, 1.807) is 24.3 Å². The Morgan fingerprint density at radius 3 is 2.65 bits per heavy atom. The Morgan fingerprint density at radius 2 is 1.92 bits per heavy atom. The molecule has 0 radical (unpaired) electrons. The highest BCUT2D eigenvalue weighted by Gasteiger charge is 2.57. The van der Waals surface area contributed by atoms with Gasteiger partial charge in [0.1, 0.15) is 0 Å². The third-order valence-electron chi connectivity index (χ3n) is 5.67. The molecule has 4 atom stereocenters. The number of carbonyl (C=O) groups excluding carboxylic acids is 1. The lowest BCUT2D eigenvalue weighted by Gasteiger charge is -2.33. The van der Waals surface area contributed by atoms with E-state index in [4.69, 9.17) is 19.7 Å². The Morgan fingerprint density at radius 1 is 1.19 bits per heavy atom. The van der Waals surface area contributed by atoms with Gasteiger partial charge in [-0.1, -0.05) is 29.7 Å². The van der Waals surface area contributed by atoms with Gasteiger partial charge in [-0.15, -0.1) is 0 Å². The highest BCUT2D eigenvalue weighted by molar-refractivity contribution is 5.89. The lowest BCUT2D eigenvalue weighted by atomic mass is 9.94. The molecule has 3 fully saturated rings. The Kier molecular flexibility index (Phi) is 4.85.